The second kappa shape index (κ2) is 4.14. The third-order valence-corrected chi connectivity index (χ3v) is 2.10. The minimum Gasteiger partial charge on any atom is -0.326 e. The second-order valence-corrected chi connectivity index (χ2v) is 3.08. The lowest BCUT2D eigenvalue weighted by Gasteiger charge is -2.02. The molecule has 0 aliphatic carbocycles. The fraction of sp³-hybridized carbons (Fsp3) is 0.0909. The fourth-order valence-corrected chi connectivity index (χ4v) is 1.30. The van der Waals surface area contributed by atoms with E-state index in [9.17, 15) is 4.39 Å². The molecule has 1 heterocycles. The largest absolute Gasteiger partial charge is 0.326 e. The third-order valence-electron chi connectivity index (χ3n) is 2.10. The van der Waals surface area contributed by atoms with E-state index < -0.39 is 0 Å². The molecule has 0 bridgehead atoms. The van der Waals surface area contributed by atoms with E-state index in [-0.39, 0.29) is 12.4 Å². The Morgan fingerprint density at radius 3 is 2.53 bits per heavy atom. The smallest absolute Gasteiger partial charge is 0.159 e. The molecular formula is C11H10FN3. The molecule has 0 fully saturated rings. The molecule has 4 heteroatoms. The molecule has 0 unspecified atom stereocenters. The lowest BCUT2D eigenvalue weighted by atomic mass is 10.1. The van der Waals surface area contributed by atoms with Gasteiger partial charge in [0.15, 0.2) is 5.82 Å². The highest BCUT2D eigenvalue weighted by Gasteiger charge is 2.04. The summed E-state index contributed by atoms with van der Waals surface area (Å²) in [4.78, 5) is 8.07. The van der Waals surface area contributed by atoms with Crippen molar-refractivity contribution in [2.75, 3.05) is 0 Å². The van der Waals surface area contributed by atoms with Gasteiger partial charge in [0.25, 0.3) is 0 Å². The zero-order valence-corrected chi connectivity index (χ0v) is 8.02. The SMILES string of the molecule is NCc1ccc(-c2ncccn2)cc1F. The number of nitrogens with zero attached hydrogens (tertiary/aromatic N) is 2. The van der Waals surface area contributed by atoms with Crippen LogP contribution in [0.5, 0.6) is 0 Å². The van der Waals surface area contributed by atoms with Gasteiger partial charge in [-0.25, -0.2) is 14.4 Å². The Bertz CT molecular complexity index is 457. The molecule has 0 radical (unpaired) electrons. The number of nitrogens with two attached hydrogens (primary N) is 1. The van der Waals surface area contributed by atoms with E-state index in [2.05, 4.69) is 9.97 Å². The highest BCUT2D eigenvalue weighted by atomic mass is 19.1. The average molecular weight is 203 g/mol. The summed E-state index contributed by atoms with van der Waals surface area (Å²) in [6.45, 7) is 0.196. The molecular weight excluding hydrogens is 193 g/mol. The number of hydrogen-bond acceptors (Lipinski definition) is 3. The Labute approximate surface area is 86.8 Å². The van der Waals surface area contributed by atoms with Crippen LogP contribution in [0.1, 0.15) is 5.56 Å². The minimum atomic E-state index is -0.317. The summed E-state index contributed by atoms with van der Waals surface area (Å²) in [6, 6.07) is 6.53. The highest BCUT2D eigenvalue weighted by molar-refractivity contribution is 5.55. The van der Waals surface area contributed by atoms with Gasteiger partial charge in [-0.05, 0) is 12.1 Å². The molecule has 0 amide bonds. The summed E-state index contributed by atoms with van der Waals surface area (Å²) in [5.74, 6) is 0.197. The first-order valence-electron chi connectivity index (χ1n) is 4.57. The van der Waals surface area contributed by atoms with E-state index in [0.717, 1.165) is 0 Å². The van der Waals surface area contributed by atoms with Crippen LogP contribution in [0.3, 0.4) is 0 Å². The third kappa shape index (κ3) is 1.99. The molecule has 0 aliphatic rings. The summed E-state index contributed by atoms with van der Waals surface area (Å²) < 4.78 is 13.4. The van der Waals surface area contributed by atoms with Crippen molar-refractivity contribution in [2.45, 2.75) is 6.54 Å². The number of hydrogen-bond donors (Lipinski definition) is 1. The van der Waals surface area contributed by atoms with E-state index in [1.165, 1.54) is 6.07 Å². The van der Waals surface area contributed by atoms with Crippen LogP contribution in [0.4, 0.5) is 4.39 Å². The monoisotopic (exact) mass is 203 g/mol. The lowest BCUT2D eigenvalue weighted by molar-refractivity contribution is 0.611. The zero-order chi connectivity index (χ0) is 10.7. The molecule has 2 rings (SSSR count). The molecule has 76 valence electrons. The maximum atomic E-state index is 13.4. The molecule has 0 saturated carbocycles. The first-order chi connectivity index (χ1) is 7.31. The van der Waals surface area contributed by atoms with Crippen molar-refractivity contribution in [2.24, 2.45) is 5.73 Å². The molecule has 15 heavy (non-hydrogen) atoms. The normalized spacial score (nSPS) is 10.3. The van der Waals surface area contributed by atoms with Crippen molar-refractivity contribution in [3.05, 3.63) is 48.0 Å². The Morgan fingerprint density at radius 2 is 1.93 bits per heavy atom. The Kier molecular flexibility index (Phi) is 2.69. The summed E-state index contributed by atoms with van der Waals surface area (Å²) >= 11 is 0. The maximum absolute atomic E-state index is 13.4. The van der Waals surface area contributed by atoms with Crippen molar-refractivity contribution < 1.29 is 4.39 Å². The van der Waals surface area contributed by atoms with Gasteiger partial charge in [-0.1, -0.05) is 12.1 Å². The summed E-state index contributed by atoms with van der Waals surface area (Å²) in [7, 11) is 0. The van der Waals surface area contributed by atoms with Gasteiger partial charge in [0.2, 0.25) is 0 Å². The number of halogens is 1. The van der Waals surface area contributed by atoms with Gasteiger partial charge in [-0.2, -0.15) is 0 Å². The van der Waals surface area contributed by atoms with Crippen LogP contribution < -0.4 is 5.73 Å². The number of benzene rings is 1. The lowest BCUT2D eigenvalue weighted by Crippen LogP contribution is -2.00. The Morgan fingerprint density at radius 1 is 1.20 bits per heavy atom. The van der Waals surface area contributed by atoms with Crippen molar-refractivity contribution in [3.8, 4) is 11.4 Å². The fourth-order valence-electron chi connectivity index (χ4n) is 1.30. The standard InChI is InChI=1S/C11H10FN3/c12-10-6-8(2-3-9(10)7-13)11-14-4-1-5-15-11/h1-6H,7,13H2. The van der Waals surface area contributed by atoms with Crippen LogP contribution >= 0.6 is 0 Å². The molecule has 1 aromatic carbocycles. The molecule has 2 aromatic rings. The molecule has 3 nitrogen and oxygen atoms in total. The number of rotatable bonds is 2. The van der Waals surface area contributed by atoms with E-state index in [1.54, 1.807) is 30.6 Å². The second-order valence-electron chi connectivity index (χ2n) is 3.08. The van der Waals surface area contributed by atoms with Gasteiger partial charge in [-0.3, -0.25) is 0 Å². The topological polar surface area (TPSA) is 51.8 Å². The Hall–Kier alpha value is -1.81. The van der Waals surface area contributed by atoms with E-state index >= 15 is 0 Å². The van der Waals surface area contributed by atoms with Crippen molar-refractivity contribution in [1.29, 1.82) is 0 Å². The van der Waals surface area contributed by atoms with E-state index in [4.69, 9.17) is 5.73 Å². The van der Waals surface area contributed by atoms with Crippen LogP contribution in [0.2, 0.25) is 0 Å². The molecule has 2 N–H and O–H groups in total. The van der Waals surface area contributed by atoms with Gasteiger partial charge in [-0.15, -0.1) is 0 Å². The van der Waals surface area contributed by atoms with E-state index in [1.807, 2.05) is 0 Å². The quantitative estimate of drug-likeness (QED) is 0.808. The van der Waals surface area contributed by atoms with Crippen LogP contribution in [-0.4, -0.2) is 9.97 Å². The average Bonchev–Trinajstić information content (AvgIpc) is 2.30. The zero-order valence-electron chi connectivity index (χ0n) is 8.02. The van der Waals surface area contributed by atoms with Gasteiger partial charge in [0.05, 0.1) is 0 Å². The molecule has 0 spiro atoms. The molecule has 0 atom stereocenters. The Balaban J connectivity index is 2.43. The van der Waals surface area contributed by atoms with Gasteiger partial charge >= 0.3 is 0 Å². The highest BCUT2D eigenvalue weighted by Crippen LogP contribution is 2.17. The van der Waals surface area contributed by atoms with Crippen molar-refractivity contribution in [3.63, 3.8) is 0 Å². The van der Waals surface area contributed by atoms with Gasteiger partial charge in [0.1, 0.15) is 5.82 Å². The van der Waals surface area contributed by atoms with Gasteiger partial charge in [0, 0.05) is 30.1 Å². The summed E-state index contributed by atoms with van der Waals surface area (Å²) in [6.07, 6.45) is 3.24. The molecule has 0 saturated heterocycles. The molecule has 1 aromatic heterocycles. The predicted octanol–water partition coefficient (Wildman–Crippen LogP) is 1.74. The molecule has 0 aliphatic heterocycles. The minimum absolute atomic E-state index is 0.196. The maximum Gasteiger partial charge on any atom is 0.159 e. The number of aromatic nitrogens is 2. The van der Waals surface area contributed by atoms with Crippen LogP contribution in [0, 0.1) is 5.82 Å². The van der Waals surface area contributed by atoms with Crippen molar-refractivity contribution >= 4 is 0 Å². The van der Waals surface area contributed by atoms with Crippen molar-refractivity contribution in [1.82, 2.24) is 9.97 Å². The first kappa shape index (κ1) is 9.73. The first-order valence-corrected chi connectivity index (χ1v) is 4.57. The van der Waals surface area contributed by atoms with E-state index in [0.29, 0.717) is 17.0 Å². The van der Waals surface area contributed by atoms with Crippen LogP contribution in [0.25, 0.3) is 11.4 Å². The van der Waals surface area contributed by atoms with Crippen LogP contribution in [0.15, 0.2) is 36.7 Å². The van der Waals surface area contributed by atoms with Gasteiger partial charge < -0.3 is 5.73 Å². The van der Waals surface area contributed by atoms with Crippen LogP contribution in [-0.2, 0) is 6.54 Å². The summed E-state index contributed by atoms with van der Waals surface area (Å²) in [5, 5.41) is 0. The predicted molar refractivity (Wildman–Crippen MR) is 55.3 cm³/mol. The summed E-state index contributed by atoms with van der Waals surface area (Å²) in [5.41, 5.74) is 6.52.